The SMILES string of the molecule is O=C(Nc1ccc(Cl)c(C(F)(F)F)c1)Nc1cc(Nc2nccc(-c3ccc[nH]3)n2)ccc1F. The number of rotatable bonds is 5. The zero-order valence-corrected chi connectivity index (χ0v) is 17.8. The van der Waals surface area contributed by atoms with Crippen LogP contribution in [-0.2, 0) is 6.18 Å². The molecule has 0 bridgehead atoms. The van der Waals surface area contributed by atoms with E-state index >= 15 is 0 Å². The van der Waals surface area contributed by atoms with Gasteiger partial charge in [-0.15, -0.1) is 0 Å². The number of halogens is 5. The van der Waals surface area contributed by atoms with Crippen LogP contribution in [0.5, 0.6) is 0 Å². The molecule has 2 heterocycles. The number of carbonyl (C=O) groups is 1. The Balaban J connectivity index is 1.48. The average molecular weight is 491 g/mol. The number of alkyl halides is 3. The number of benzene rings is 2. The lowest BCUT2D eigenvalue weighted by Gasteiger charge is -2.13. The summed E-state index contributed by atoms with van der Waals surface area (Å²) in [7, 11) is 0. The smallest absolute Gasteiger partial charge is 0.360 e. The van der Waals surface area contributed by atoms with Gasteiger partial charge < -0.3 is 20.9 Å². The van der Waals surface area contributed by atoms with Gasteiger partial charge >= 0.3 is 12.2 Å². The highest BCUT2D eigenvalue weighted by atomic mass is 35.5. The fraction of sp³-hybridized carbons (Fsp3) is 0.0455. The zero-order valence-electron chi connectivity index (χ0n) is 17.0. The Morgan fingerprint density at radius 1 is 1.00 bits per heavy atom. The summed E-state index contributed by atoms with van der Waals surface area (Å²) in [5.74, 6) is -0.524. The molecule has 2 aromatic heterocycles. The molecule has 0 aliphatic heterocycles. The lowest BCUT2D eigenvalue weighted by atomic mass is 10.2. The molecule has 0 unspecified atom stereocenters. The van der Waals surface area contributed by atoms with Crippen LogP contribution in [0.15, 0.2) is 67.0 Å². The van der Waals surface area contributed by atoms with Crippen LogP contribution >= 0.6 is 11.6 Å². The normalized spacial score (nSPS) is 11.2. The van der Waals surface area contributed by atoms with Crippen molar-refractivity contribution in [3.05, 3.63) is 83.4 Å². The fourth-order valence-electron chi connectivity index (χ4n) is 2.99. The van der Waals surface area contributed by atoms with Crippen molar-refractivity contribution < 1.29 is 22.4 Å². The molecular weight excluding hydrogens is 476 g/mol. The van der Waals surface area contributed by atoms with Crippen molar-refractivity contribution in [2.24, 2.45) is 0 Å². The van der Waals surface area contributed by atoms with E-state index in [1.807, 2.05) is 12.1 Å². The predicted molar refractivity (Wildman–Crippen MR) is 121 cm³/mol. The quantitative estimate of drug-likeness (QED) is 0.235. The summed E-state index contributed by atoms with van der Waals surface area (Å²) in [6.07, 6.45) is -1.40. The van der Waals surface area contributed by atoms with Crippen molar-refractivity contribution in [1.82, 2.24) is 15.0 Å². The Kier molecular flexibility index (Phi) is 6.37. The third kappa shape index (κ3) is 5.44. The van der Waals surface area contributed by atoms with E-state index in [9.17, 15) is 22.4 Å². The number of urea groups is 1. The van der Waals surface area contributed by atoms with E-state index in [1.54, 1.807) is 18.5 Å². The summed E-state index contributed by atoms with van der Waals surface area (Å²) in [4.78, 5) is 23.8. The minimum absolute atomic E-state index is 0.168. The molecular formula is C22H15ClF4N6O. The Bertz CT molecular complexity index is 1330. The maximum absolute atomic E-state index is 14.3. The second kappa shape index (κ2) is 9.40. The average Bonchev–Trinajstić information content (AvgIpc) is 3.32. The van der Waals surface area contributed by atoms with Crippen LogP contribution < -0.4 is 16.0 Å². The van der Waals surface area contributed by atoms with Gasteiger partial charge in [-0.3, -0.25) is 0 Å². The van der Waals surface area contributed by atoms with Crippen molar-refractivity contribution in [2.75, 3.05) is 16.0 Å². The number of H-pyrrole nitrogens is 1. The third-order valence-corrected chi connectivity index (χ3v) is 4.86. The Morgan fingerprint density at radius 2 is 1.79 bits per heavy atom. The first-order chi connectivity index (χ1) is 16.2. The van der Waals surface area contributed by atoms with Crippen LogP contribution in [0.1, 0.15) is 5.56 Å². The van der Waals surface area contributed by atoms with Crippen molar-refractivity contribution in [3.63, 3.8) is 0 Å². The van der Waals surface area contributed by atoms with Crippen LogP contribution in [0.2, 0.25) is 5.02 Å². The maximum Gasteiger partial charge on any atom is 0.417 e. The monoisotopic (exact) mass is 490 g/mol. The summed E-state index contributed by atoms with van der Waals surface area (Å²) in [6, 6.07) is 11.1. The van der Waals surface area contributed by atoms with Gasteiger partial charge in [0.1, 0.15) is 5.82 Å². The summed E-state index contributed by atoms with van der Waals surface area (Å²) >= 11 is 5.57. The van der Waals surface area contributed by atoms with Crippen LogP contribution in [0.4, 0.5) is 45.4 Å². The molecule has 174 valence electrons. The van der Waals surface area contributed by atoms with E-state index in [2.05, 4.69) is 30.9 Å². The van der Waals surface area contributed by atoms with Gasteiger partial charge in [-0.2, -0.15) is 13.2 Å². The van der Waals surface area contributed by atoms with E-state index in [1.165, 1.54) is 18.2 Å². The predicted octanol–water partition coefficient (Wildman–Crippen LogP) is 6.67. The Morgan fingerprint density at radius 3 is 2.53 bits per heavy atom. The molecule has 0 fully saturated rings. The van der Waals surface area contributed by atoms with Crippen LogP contribution in [0.3, 0.4) is 0 Å². The standard InChI is InChI=1S/C22H15ClF4N6O/c23-15-5-3-12(10-14(15)22(25,26)27)31-21(34)33-19-11-13(4-6-16(19)24)30-20-29-9-7-18(32-20)17-2-1-8-28-17/h1-11,28H,(H,29,30,32)(H2,31,33,34). The van der Waals surface area contributed by atoms with Crippen molar-refractivity contribution in [3.8, 4) is 11.4 Å². The number of nitrogens with zero attached hydrogens (tertiary/aromatic N) is 2. The van der Waals surface area contributed by atoms with Gasteiger partial charge in [-0.05, 0) is 54.6 Å². The first-order valence-electron chi connectivity index (χ1n) is 9.67. The van der Waals surface area contributed by atoms with E-state index in [0.717, 1.165) is 17.8 Å². The molecule has 0 aliphatic rings. The summed E-state index contributed by atoms with van der Waals surface area (Å²) in [5.41, 5.74) is 0.284. The number of aromatic nitrogens is 3. The number of anilines is 4. The summed E-state index contributed by atoms with van der Waals surface area (Å²) in [5, 5.41) is 6.90. The number of hydrogen-bond acceptors (Lipinski definition) is 4. The first kappa shape index (κ1) is 23.1. The molecule has 0 saturated carbocycles. The van der Waals surface area contributed by atoms with E-state index in [-0.39, 0.29) is 17.3 Å². The largest absolute Gasteiger partial charge is 0.417 e. The van der Waals surface area contributed by atoms with E-state index in [0.29, 0.717) is 17.4 Å². The molecule has 0 saturated heterocycles. The molecule has 7 nitrogen and oxygen atoms in total. The second-order valence-corrected chi connectivity index (χ2v) is 7.35. The topological polar surface area (TPSA) is 94.7 Å². The fourth-order valence-corrected chi connectivity index (χ4v) is 3.22. The van der Waals surface area contributed by atoms with Gasteiger partial charge in [0.05, 0.1) is 27.7 Å². The lowest BCUT2D eigenvalue weighted by Crippen LogP contribution is -2.20. The van der Waals surface area contributed by atoms with Crippen LogP contribution in [0, 0.1) is 5.82 Å². The molecule has 2 amide bonds. The first-order valence-corrected chi connectivity index (χ1v) is 10.0. The molecule has 34 heavy (non-hydrogen) atoms. The number of carbonyl (C=O) groups excluding carboxylic acids is 1. The van der Waals surface area contributed by atoms with E-state index in [4.69, 9.17) is 11.6 Å². The van der Waals surface area contributed by atoms with Crippen molar-refractivity contribution >= 4 is 40.6 Å². The zero-order chi connectivity index (χ0) is 24.3. The number of aromatic amines is 1. The minimum Gasteiger partial charge on any atom is -0.360 e. The molecule has 0 atom stereocenters. The summed E-state index contributed by atoms with van der Waals surface area (Å²) in [6.45, 7) is 0. The van der Waals surface area contributed by atoms with E-state index < -0.39 is 28.6 Å². The molecule has 4 rings (SSSR count). The Labute approximate surface area is 195 Å². The lowest BCUT2D eigenvalue weighted by molar-refractivity contribution is -0.137. The van der Waals surface area contributed by atoms with Crippen molar-refractivity contribution in [1.29, 1.82) is 0 Å². The summed E-state index contributed by atoms with van der Waals surface area (Å²) < 4.78 is 53.3. The van der Waals surface area contributed by atoms with Gasteiger partial charge in [0.15, 0.2) is 0 Å². The maximum atomic E-state index is 14.3. The third-order valence-electron chi connectivity index (χ3n) is 4.53. The molecule has 0 spiro atoms. The van der Waals surface area contributed by atoms with Gasteiger partial charge in [0.25, 0.3) is 0 Å². The van der Waals surface area contributed by atoms with Crippen molar-refractivity contribution in [2.45, 2.75) is 6.18 Å². The second-order valence-electron chi connectivity index (χ2n) is 6.94. The highest BCUT2D eigenvalue weighted by Crippen LogP contribution is 2.36. The van der Waals surface area contributed by atoms with Crippen LogP contribution in [0.25, 0.3) is 11.4 Å². The number of nitrogens with one attached hydrogen (secondary N) is 4. The molecule has 0 aliphatic carbocycles. The van der Waals surface area contributed by atoms with Gasteiger partial charge in [0.2, 0.25) is 5.95 Å². The Hall–Kier alpha value is -4.12. The highest BCUT2D eigenvalue weighted by Gasteiger charge is 2.33. The van der Waals surface area contributed by atoms with Crippen LogP contribution in [-0.4, -0.2) is 21.0 Å². The van der Waals surface area contributed by atoms with Gasteiger partial charge in [0, 0.05) is 23.8 Å². The molecule has 4 N–H and O–H groups in total. The molecule has 2 aromatic carbocycles. The molecule has 4 aromatic rings. The minimum atomic E-state index is -4.70. The number of amides is 2. The highest BCUT2D eigenvalue weighted by molar-refractivity contribution is 6.31. The molecule has 12 heteroatoms. The van der Waals surface area contributed by atoms with Gasteiger partial charge in [-0.1, -0.05) is 11.6 Å². The number of hydrogen-bond donors (Lipinski definition) is 4. The molecule has 0 radical (unpaired) electrons. The van der Waals surface area contributed by atoms with Gasteiger partial charge in [-0.25, -0.2) is 19.2 Å².